The summed E-state index contributed by atoms with van der Waals surface area (Å²) in [6.07, 6.45) is 1.68. The fourth-order valence-corrected chi connectivity index (χ4v) is 4.36. The SMILES string of the molecule is CCN1C(=O)SC(=Cc2cc(Br)c(OCc3cccc(Cl)c3)c(OC)c2)C1=O. The molecule has 2 aromatic rings. The van der Waals surface area contributed by atoms with Crippen molar-refractivity contribution in [3.05, 3.63) is 61.9 Å². The van der Waals surface area contributed by atoms with Crippen LogP contribution in [0.2, 0.25) is 5.02 Å². The van der Waals surface area contributed by atoms with Gasteiger partial charge in [-0.1, -0.05) is 23.7 Å². The molecular formula is C20H17BrClNO4S. The molecule has 1 aliphatic rings. The average molecular weight is 483 g/mol. The third kappa shape index (κ3) is 4.54. The summed E-state index contributed by atoms with van der Waals surface area (Å²) in [6.45, 7) is 2.44. The van der Waals surface area contributed by atoms with Crippen molar-refractivity contribution in [1.29, 1.82) is 0 Å². The molecule has 0 unspecified atom stereocenters. The van der Waals surface area contributed by atoms with Gasteiger partial charge in [0, 0.05) is 11.6 Å². The quantitative estimate of drug-likeness (QED) is 0.491. The van der Waals surface area contributed by atoms with E-state index in [1.807, 2.05) is 24.3 Å². The third-order valence-electron chi connectivity index (χ3n) is 4.01. The first-order valence-electron chi connectivity index (χ1n) is 8.43. The minimum atomic E-state index is -0.283. The lowest BCUT2D eigenvalue weighted by Crippen LogP contribution is -2.27. The Morgan fingerprint density at radius 2 is 2.04 bits per heavy atom. The Kier molecular flexibility index (Phi) is 6.69. The van der Waals surface area contributed by atoms with E-state index < -0.39 is 0 Å². The molecule has 146 valence electrons. The lowest BCUT2D eigenvalue weighted by Gasteiger charge is -2.14. The van der Waals surface area contributed by atoms with Gasteiger partial charge in [0.25, 0.3) is 11.1 Å². The fraction of sp³-hybridized carbons (Fsp3) is 0.200. The lowest BCUT2D eigenvalue weighted by atomic mass is 10.1. The highest BCUT2D eigenvalue weighted by atomic mass is 79.9. The van der Waals surface area contributed by atoms with Crippen molar-refractivity contribution in [2.45, 2.75) is 13.5 Å². The Morgan fingerprint density at radius 3 is 2.68 bits per heavy atom. The minimum absolute atomic E-state index is 0.258. The smallest absolute Gasteiger partial charge is 0.293 e. The molecular weight excluding hydrogens is 466 g/mol. The summed E-state index contributed by atoms with van der Waals surface area (Å²) in [5.74, 6) is 0.771. The maximum Gasteiger partial charge on any atom is 0.293 e. The number of halogens is 2. The Morgan fingerprint density at radius 1 is 1.25 bits per heavy atom. The zero-order valence-corrected chi connectivity index (χ0v) is 18.4. The number of nitrogens with zero attached hydrogens (tertiary/aromatic N) is 1. The zero-order chi connectivity index (χ0) is 20.3. The lowest BCUT2D eigenvalue weighted by molar-refractivity contribution is -0.122. The number of methoxy groups -OCH3 is 1. The monoisotopic (exact) mass is 481 g/mol. The molecule has 1 heterocycles. The van der Waals surface area contributed by atoms with Crippen molar-refractivity contribution in [3.63, 3.8) is 0 Å². The second kappa shape index (κ2) is 9.03. The number of thioether (sulfide) groups is 1. The van der Waals surface area contributed by atoms with Gasteiger partial charge in [0.2, 0.25) is 0 Å². The van der Waals surface area contributed by atoms with Crippen LogP contribution in [0.4, 0.5) is 4.79 Å². The summed E-state index contributed by atoms with van der Waals surface area (Å²) in [5.41, 5.74) is 1.65. The number of imide groups is 1. The van der Waals surface area contributed by atoms with Crippen molar-refractivity contribution < 1.29 is 19.1 Å². The fourth-order valence-electron chi connectivity index (χ4n) is 2.67. The highest BCUT2D eigenvalue weighted by Crippen LogP contribution is 2.39. The van der Waals surface area contributed by atoms with Crippen molar-refractivity contribution in [2.24, 2.45) is 0 Å². The van der Waals surface area contributed by atoms with Crippen molar-refractivity contribution in [1.82, 2.24) is 4.90 Å². The number of carbonyl (C=O) groups excluding carboxylic acids is 2. The first kappa shape index (κ1) is 20.8. The molecule has 2 aromatic carbocycles. The molecule has 0 aromatic heterocycles. The summed E-state index contributed by atoms with van der Waals surface area (Å²) >= 11 is 10.4. The number of hydrogen-bond acceptors (Lipinski definition) is 5. The van der Waals surface area contributed by atoms with Crippen LogP contribution >= 0.6 is 39.3 Å². The van der Waals surface area contributed by atoms with Crippen molar-refractivity contribution in [3.8, 4) is 11.5 Å². The van der Waals surface area contributed by atoms with Crippen LogP contribution in [-0.4, -0.2) is 29.7 Å². The van der Waals surface area contributed by atoms with Gasteiger partial charge in [0.1, 0.15) is 6.61 Å². The average Bonchev–Trinajstić information content (AvgIpc) is 2.93. The molecule has 0 atom stereocenters. The Labute approximate surface area is 180 Å². The van der Waals surface area contributed by atoms with Gasteiger partial charge in [0.05, 0.1) is 16.5 Å². The second-order valence-corrected chi connectivity index (χ2v) is 8.16. The summed E-state index contributed by atoms with van der Waals surface area (Å²) in [4.78, 5) is 25.7. The number of likely N-dealkylation sites (N-methyl/N-ethyl adjacent to an activating group) is 1. The van der Waals surface area contributed by atoms with Crippen molar-refractivity contribution in [2.75, 3.05) is 13.7 Å². The van der Waals surface area contributed by atoms with E-state index >= 15 is 0 Å². The van der Waals surface area contributed by atoms with Gasteiger partial charge in [-0.15, -0.1) is 0 Å². The molecule has 1 fully saturated rings. The van der Waals surface area contributed by atoms with E-state index in [2.05, 4.69) is 15.9 Å². The van der Waals surface area contributed by atoms with E-state index in [0.717, 1.165) is 22.9 Å². The topological polar surface area (TPSA) is 55.8 Å². The Bertz CT molecular complexity index is 963. The molecule has 5 nitrogen and oxygen atoms in total. The van der Waals surface area contributed by atoms with E-state index in [4.69, 9.17) is 21.1 Å². The number of rotatable bonds is 6. The van der Waals surface area contributed by atoms with Crippen LogP contribution in [0.25, 0.3) is 6.08 Å². The van der Waals surface area contributed by atoms with Gasteiger partial charge in [-0.3, -0.25) is 14.5 Å². The number of benzene rings is 2. The van der Waals surface area contributed by atoms with Gasteiger partial charge in [-0.2, -0.15) is 0 Å². The number of hydrogen-bond donors (Lipinski definition) is 0. The van der Waals surface area contributed by atoms with Crippen molar-refractivity contribution >= 4 is 56.5 Å². The van der Waals surface area contributed by atoms with E-state index in [0.29, 0.717) is 39.1 Å². The zero-order valence-electron chi connectivity index (χ0n) is 15.2. The predicted molar refractivity (Wildman–Crippen MR) is 115 cm³/mol. The molecule has 0 radical (unpaired) electrons. The molecule has 28 heavy (non-hydrogen) atoms. The maximum atomic E-state index is 12.3. The standard InChI is InChI=1S/C20H17BrClNO4S/c1-3-23-19(24)17(28-20(23)25)10-13-8-15(21)18(16(9-13)26-2)27-11-12-5-4-6-14(22)7-12/h4-10H,3,11H2,1-2H3. The molecule has 2 amide bonds. The van der Waals surface area contributed by atoms with Crippen LogP contribution in [-0.2, 0) is 11.4 Å². The molecule has 0 spiro atoms. The van der Waals surface area contributed by atoms with Crippen LogP contribution in [0.1, 0.15) is 18.1 Å². The molecule has 1 saturated heterocycles. The molecule has 0 saturated carbocycles. The number of carbonyl (C=O) groups is 2. The molecule has 8 heteroatoms. The van der Waals surface area contributed by atoms with Crippen LogP contribution in [0.15, 0.2) is 45.8 Å². The number of amides is 2. The van der Waals surface area contributed by atoms with Crippen LogP contribution in [0, 0.1) is 0 Å². The highest BCUT2D eigenvalue weighted by Gasteiger charge is 2.33. The van der Waals surface area contributed by atoms with E-state index in [1.165, 1.54) is 4.90 Å². The summed E-state index contributed by atoms with van der Waals surface area (Å²) in [5, 5.41) is 0.384. The predicted octanol–water partition coefficient (Wildman–Crippen LogP) is 5.75. The molecule has 0 bridgehead atoms. The first-order valence-corrected chi connectivity index (χ1v) is 10.4. The van der Waals surface area contributed by atoms with Crippen LogP contribution in [0.3, 0.4) is 0 Å². The Balaban J connectivity index is 1.85. The second-order valence-electron chi connectivity index (χ2n) is 5.88. The largest absolute Gasteiger partial charge is 0.493 e. The van der Waals surface area contributed by atoms with Gasteiger partial charge in [0.15, 0.2) is 11.5 Å². The maximum absolute atomic E-state index is 12.3. The molecule has 3 rings (SSSR count). The van der Waals surface area contributed by atoms with E-state index in [9.17, 15) is 9.59 Å². The summed E-state index contributed by atoms with van der Waals surface area (Å²) < 4.78 is 12.0. The normalized spacial score (nSPS) is 15.4. The van der Waals surface area contributed by atoms with Gasteiger partial charge < -0.3 is 9.47 Å². The van der Waals surface area contributed by atoms with E-state index in [-0.39, 0.29) is 11.1 Å². The molecule has 0 N–H and O–H groups in total. The van der Waals surface area contributed by atoms with Crippen LogP contribution in [0.5, 0.6) is 11.5 Å². The summed E-state index contributed by atoms with van der Waals surface area (Å²) in [6, 6.07) is 11.0. The highest BCUT2D eigenvalue weighted by molar-refractivity contribution is 9.10. The first-order chi connectivity index (χ1) is 13.4. The van der Waals surface area contributed by atoms with Gasteiger partial charge in [-0.05, 0) is 76.1 Å². The van der Waals surface area contributed by atoms with Gasteiger partial charge >= 0.3 is 0 Å². The third-order valence-corrected chi connectivity index (χ3v) is 5.74. The van der Waals surface area contributed by atoms with Crippen LogP contribution < -0.4 is 9.47 Å². The minimum Gasteiger partial charge on any atom is -0.493 e. The Hall–Kier alpha value is -1.96. The molecule has 1 aliphatic heterocycles. The number of ether oxygens (including phenoxy) is 2. The van der Waals surface area contributed by atoms with E-state index in [1.54, 1.807) is 32.2 Å². The summed E-state index contributed by atoms with van der Waals surface area (Å²) in [7, 11) is 1.54. The molecule has 0 aliphatic carbocycles. The van der Waals surface area contributed by atoms with Gasteiger partial charge in [-0.25, -0.2) is 0 Å².